The van der Waals surface area contributed by atoms with Gasteiger partial charge in [0.15, 0.2) is 11.5 Å². The molecule has 0 saturated heterocycles. The predicted octanol–water partition coefficient (Wildman–Crippen LogP) is 3.50. The molecule has 1 aromatic carbocycles. The first kappa shape index (κ1) is 18.8. The monoisotopic (exact) mass is 383 g/mol. The highest BCUT2D eigenvalue weighted by Crippen LogP contribution is 2.28. The van der Waals surface area contributed by atoms with Gasteiger partial charge in [0.05, 0.1) is 25.6 Å². The molecule has 27 heavy (non-hydrogen) atoms. The van der Waals surface area contributed by atoms with Crippen molar-refractivity contribution >= 4 is 17.2 Å². The predicted molar refractivity (Wildman–Crippen MR) is 106 cm³/mol. The molecule has 0 atom stereocenters. The standard InChI is InChI=1S/C20H21N3O3S/c1-13-18(27-20(23-13)15-6-4-5-10-21-15)9-11-22-19(24)14-7-8-16(25-2)17(12-14)26-3/h4-8,10,12H,9,11H2,1-3H3,(H,22,24). The van der Waals surface area contributed by atoms with Crippen LogP contribution in [0.15, 0.2) is 42.6 Å². The zero-order valence-corrected chi connectivity index (χ0v) is 16.3. The minimum atomic E-state index is -0.150. The summed E-state index contributed by atoms with van der Waals surface area (Å²) in [5.74, 6) is 0.975. The highest BCUT2D eigenvalue weighted by molar-refractivity contribution is 7.15. The molecule has 1 amide bonds. The van der Waals surface area contributed by atoms with Crippen LogP contribution in [-0.2, 0) is 6.42 Å². The van der Waals surface area contributed by atoms with E-state index in [9.17, 15) is 4.79 Å². The summed E-state index contributed by atoms with van der Waals surface area (Å²) in [6.45, 7) is 2.51. The number of nitrogens with zero attached hydrogens (tertiary/aromatic N) is 2. The lowest BCUT2D eigenvalue weighted by atomic mass is 10.2. The second kappa shape index (κ2) is 8.64. The Bertz CT molecular complexity index is 925. The molecule has 6 nitrogen and oxygen atoms in total. The summed E-state index contributed by atoms with van der Waals surface area (Å²) in [6, 6.07) is 10.9. The van der Waals surface area contributed by atoms with Gasteiger partial charge in [-0.1, -0.05) is 6.07 Å². The van der Waals surface area contributed by atoms with E-state index in [4.69, 9.17) is 9.47 Å². The fourth-order valence-electron chi connectivity index (χ4n) is 2.63. The summed E-state index contributed by atoms with van der Waals surface area (Å²) < 4.78 is 10.4. The fraction of sp³-hybridized carbons (Fsp3) is 0.250. The molecule has 0 spiro atoms. The third-order valence-electron chi connectivity index (χ3n) is 4.06. The number of nitrogens with one attached hydrogen (secondary N) is 1. The number of amides is 1. The van der Waals surface area contributed by atoms with Crippen LogP contribution in [0.25, 0.3) is 10.7 Å². The Hall–Kier alpha value is -2.93. The molecule has 7 heteroatoms. The van der Waals surface area contributed by atoms with Crippen molar-refractivity contribution in [1.82, 2.24) is 15.3 Å². The van der Waals surface area contributed by atoms with Crippen molar-refractivity contribution in [2.45, 2.75) is 13.3 Å². The van der Waals surface area contributed by atoms with Gasteiger partial charge in [0.2, 0.25) is 0 Å². The summed E-state index contributed by atoms with van der Waals surface area (Å²) in [7, 11) is 3.11. The molecule has 0 fully saturated rings. The Kier molecular flexibility index (Phi) is 6.03. The second-order valence-corrected chi connectivity index (χ2v) is 6.90. The summed E-state index contributed by atoms with van der Waals surface area (Å²) in [6.07, 6.45) is 2.48. The maximum absolute atomic E-state index is 12.4. The number of hydrogen-bond donors (Lipinski definition) is 1. The zero-order valence-electron chi connectivity index (χ0n) is 15.5. The summed E-state index contributed by atoms with van der Waals surface area (Å²) in [4.78, 5) is 22.5. The minimum Gasteiger partial charge on any atom is -0.493 e. The molecule has 2 aromatic heterocycles. The smallest absolute Gasteiger partial charge is 0.251 e. The number of benzene rings is 1. The lowest BCUT2D eigenvalue weighted by Gasteiger charge is -2.10. The fourth-order valence-corrected chi connectivity index (χ4v) is 3.67. The van der Waals surface area contributed by atoms with E-state index in [0.29, 0.717) is 23.6 Å². The average molecular weight is 383 g/mol. The van der Waals surface area contributed by atoms with Crippen LogP contribution in [0.3, 0.4) is 0 Å². The first-order valence-corrected chi connectivity index (χ1v) is 9.32. The Morgan fingerprint density at radius 1 is 1.15 bits per heavy atom. The molecule has 3 aromatic rings. The van der Waals surface area contributed by atoms with Gasteiger partial charge in [0.1, 0.15) is 5.01 Å². The first-order valence-electron chi connectivity index (χ1n) is 8.50. The van der Waals surface area contributed by atoms with Crippen molar-refractivity contribution in [3.63, 3.8) is 0 Å². The second-order valence-electron chi connectivity index (χ2n) is 5.82. The van der Waals surface area contributed by atoms with Crippen LogP contribution in [0.5, 0.6) is 11.5 Å². The molecule has 0 bridgehead atoms. The third kappa shape index (κ3) is 4.43. The van der Waals surface area contributed by atoms with Gasteiger partial charge in [-0.25, -0.2) is 4.98 Å². The lowest BCUT2D eigenvalue weighted by Crippen LogP contribution is -2.25. The number of carbonyl (C=O) groups excluding carboxylic acids is 1. The van der Waals surface area contributed by atoms with Crippen LogP contribution in [0.2, 0.25) is 0 Å². The van der Waals surface area contributed by atoms with E-state index in [0.717, 1.165) is 27.7 Å². The van der Waals surface area contributed by atoms with Gasteiger partial charge in [0.25, 0.3) is 5.91 Å². The number of methoxy groups -OCH3 is 2. The number of hydrogen-bond acceptors (Lipinski definition) is 6. The van der Waals surface area contributed by atoms with Crippen LogP contribution in [0.1, 0.15) is 20.9 Å². The Balaban J connectivity index is 1.61. The van der Waals surface area contributed by atoms with Gasteiger partial charge >= 0.3 is 0 Å². The molecule has 0 aliphatic carbocycles. The third-order valence-corrected chi connectivity index (χ3v) is 5.30. The number of rotatable bonds is 7. The molecule has 0 aliphatic rings. The number of carbonyl (C=O) groups is 1. The molecule has 2 heterocycles. The van der Waals surface area contributed by atoms with Crippen LogP contribution in [0, 0.1) is 6.92 Å². The SMILES string of the molecule is COc1ccc(C(=O)NCCc2sc(-c3ccccn3)nc2C)cc1OC. The van der Waals surface area contributed by atoms with E-state index in [-0.39, 0.29) is 5.91 Å². The number of aromatic nitrogens is 2. The number of ether oxygens (including phenoxy) is 2. The summed E-state index contributed by atoms with van der Waals surface area (Å²) in [5.41, 5.74) is 2.37. The van der Waals surface area contributed by atoms with Crippen molar-refractivity contribution in [2.24, 2.45) is 0 Å². The van der Waals surface area contributed by atoms with E-state index < -0.39 is 0 Å². The van der Waals surface area contributed by atoms with E-state index in [1.807, 2.05) is 25.1 Å². The van der Waals surface area contributed by atoms with Crippen LogP contribution >= 0.6 is 11.3 Å². The summed E-state index contributed by atoms with van der Waals surface area (Å²) >= 11 is 1.61. The maximum atomic E-state index is 12.4. The molecule has 0 saturated carbocycles. The Labute approximate surface area is 162 Å². The van der Waals surface area contributed by atoms with Gasteiger partial charge in [-0.15, -0.1) is 11.3 Å². The number of aryl methyl sites for hydroxylation is 1. The van der Waals surface area contributed by atoms with Crippen molar-refractivity contribution in [3.05, 3.63) is 58.7 Å². The van der Waals surface area contributed by atoms with E-state index in [2.05, 4.69) is 15.3 Å². The normalized spacial score (nSPS) is 10.5. The molecule has 140 valence electrons. The number of pyridine rings is 1. The molecule has 1 N–H and O–H groups in total. The molecule has 0 radical (unpaired) electrons. The average Bonchev–Trinajstić information content (AvgIpc) is 3.08. The summed E-state index contributed by atoms with van der Waals surface area (Å²) in [5, 5.41) is 3.84. The van der Waals surface area contributed by atoms with Crippen molar-refractivity contribution in [1.29, 1.82) is 0 Å². The lowest BCUT2D eigenvalue weighted by molar-refractivity contribution is 0.0953. The van der Waals surface area contributed by atoms with E-state index in [1.54, 1.807) is 50.0 Å². The van der Waals surface area contributed by atoms with Crippen LogP contribution in [-0.4, -0.2) is 36.6 Å². The quantitative estimate of drug-likeness (QED) is 0.676. The topological polar surface area (TPSA) is 73.3 Å². The molecule has 0 aliphatic heterocycles. The Morgan fingerprint density at radius 2 is 1.96 bits per heavy atom. The molecular formula is C20H21N3O3S. The Morgan fingerprint density at radius 3 is 2.67 bits per heavy atom. The van der Waals surface area contributed by atoms with Crippen molar-refractivity contribution < 1.29 is 14.3 Å². The van der Waals surface area contributed by atoms with Gasteiger partial charge < -0.3 is 14.8 Å². The zero-order chi connectivity index (χ0) is 19.2. The van der Waals surface area contributed by atoms with Gasteiger partial charge in [-0.3, -0.25) is 9.78 Å². The van der Waals surface area contributed by atoms with Crippen molar-refractivity contribution in [3.8, 4) is 22.2 Å². The minimum absolute atomic E-state index is 0.150. The first-order chi connectivity index (χ1) is 13.1. The van der Waals surface area contributed by atoms with E-state index in [1.165, 1.54) is 0 Å². The highest BCUT2D eigenvalue weighted by Gasteiger charge is 2.13. The number of thiazole rings is 1. The molecule has 3 rings (SSSR count). The largest absolute Gasteiger partial charge is 0.493 e. The van der Waals surface area contributed by atoms with Crippen LogP contribution in [0.4, 0.5) is 0 Å². The van der Waals surface area contributed by atoms with Crippen LogP contribution < -0.4 is 14.8 Å². The van der Waals surface area contributed by atoms with Gasteiger partial charge in [-0.2, -0.15) is 0 Å². The van der Waals surface area contributed by atoms with E-state index >= 15 is 0 Å². The highest BCUT2D eigenvalue weighted by atomic mass is 32.1. The van der Waals surface area contributed by atoms with Gasteiger partial charge in [-0.05, 0) is 37.3 Å². The van der Waals surface area contributed by atoms with Crippen molar-refractivity contribution in [2.75, 3.05) is 20.8 Å². The molecular weight excluding hydrogens is 362 g/mol. The molecule has 0 unspecified atom stereocenters. The van der Waals surface area contributed by atoms with Gasteiger partial charge in [0, 0.05) is 29.6 Å². The maximum Gasteiger partial charge on any atom is 0.251 e.